The van der Waals surface area contributed by atoms with Gasteiger partial charge in [-0.3, -0.25) is 9.78 Å². The van der Waals surface area contributed by atoms with Crippen LogP contribution in [-0.4, -0.2) is 20.9 Å². The molecule has 0 bridgehead atoms. The summed E-state index contributed by atoms with van der Waals surface area (Å²) in [5.41, 5.74) is 8.82. The van der Waals surface area contributed by atoms with Crippen LogP contribution >= 0.6 is 0 Å². The molecule has 0 saturated heterocycles. The van der Waals surface area contributed by atoms with Crippen molar-refractivity contribution in [2.24, 2.45) is 11.8 Å². The molecule has 3 heterocycles. The maximum absolute atomic E-state index is 12.2. The van der Waals surface area contributed by atoms with E-state index in [9.17, 15) is 4.79 Å². The number of carbonyl (C=O) groups is 1. The lowest BCUT2D eigenvalue weighted by molar-refractivity contribution is -0.117. The van der Waals surface area contributed by atoms with Crippen LogP contribution in [0.15, 0.2) is 36.8 Å². The van der Waals surface area contributed by atoms with Gasteiger partial charge in [-0.1, -0.05) is 0 Å². The molecule has 1 amide bonds. The van der Waals surface area contributed by atoms with Crippen molar-refractivity contribution in [2.45, 2.75) is 13.3 Å². The second kappa shape index (κ2) is 6.12. The molecule has 3 N–H and O–H groups in total. The van der Waals surface area contributed by atoms with Gasteiger partial charge in [-0.2, -0.15) is 0 Å². The average Bonchev–Trinajstić information content (AvgIpc) is 3.42. The number of hydrogen-bond donors (Lipinski definition) is 2. The van der Waals surface area contributed by atoms with E-state index in [1.807, 2.05) is 19.1 Å². The number of nitrogens with one attached hydrogen (secondary N) is 1. The highest BCUT2D eigenvalue weighted by atomic mass is 16.2. The molecule has 6 heteroatoms. The monoisotopic (exact) mass is 343 g/mol. The predicted octanol–water partition coefficient (Wildman–Crippen LogP) is 2.79. The van der Waals surface area contributed by atoms with E-state index < -0.39 is 0 Å². The Morgan fingerprint density at radius 3 is 2.96 bits per heavy atom. The normalized spacial score (nSPS) is 18.3. The molecular weight excluding hydrogens is 326 g/mol. The summed E-state index contributed by atoms with van der Waals surface area (Å²) >= 11 is 0. The molecule has 1 saturated carbocycles. The first-order chi connectivity index (χ1) is 12.6. The first-order valence-corrected chi connectivity index (χ1v) is 8.31. The van der Waals surface area contributed by atoms with Crippen LogP contribution in [0.5, 0.6) is 0 Å². The Kier molecular flexibility index (Phi) is 3.77. The lowest BCUT2D eigenvalue weighted by Crippen LogP contribution is -2.15. The van der Waals surface area contributed by atoms with Gasteiger partial charge in [0.05, 0.1) is 11.6 Å². The molecule has 3 aromatic heterocycles. The lowest BCUT2D eigenvalue weighted by atomic mass is 10.1. The highest BCUT2D eigenvalue weighted by molar-refractivity contribution is 5.98. The van der Waals surface area contributed by atoms with Crippen molar-refractivity contribution in [1.82, 2.24) is 15.0 Å². The molecule has 128 valence electrons. The number of terminal acetylenes is 1. The van der Waals surface area contributed by atoms with E-state index in [1.165, 1.54) is 0 Å². The van der Waals surface area contributed by atoms with E-state index in [0.29, 0.717) is 11.6 Å². The highest BCUT2D eigenvalue weighted by Gasteiger charge is 2.41. The Hall–Kier alpha value is -3.46. The molecule has 0 radical (unpaired) electrons. The summed E-state index contributed by atoms with van der Waals surface area (Å²) < 4.78 is 0. The average molecular weight is 343 g/mol. The third-order valence-electron chi connectivity index (χ3n) is 4.65. The smallest absolute Gasteiger partial charge is 0.229 e. The Bertz CT molecular complexity index is 1070. The Morgan fingerprint density at radius 1 is 1.38 bits per heavy atom. The highest BCUT2D eigenvalue weighted by Crippen LogP contribution is 2.38. The molecule has 1 aliphatic rings. The van der Waals surface area contributed by atoms with Crippen molar-refractivity contribution in [3.63, 3.8) is 0 Å². The second-order valence-electron chi connectivity index (χ2n) is 6.48. The third-order valence-corrected chi connectivity index (χ3v) is 4.65. The number of amides is 1. The van der Waals surface area contributed by atoms with E-state index in [1.54, 1.807) is 24.7 Å². The standard InChI is InChI=1S/C20H17N5O/c1-3-12-6-14(12)20(26)25-18-8-13-7-17(15-9-22-5-4-11(15)2)24-19(21)16(13)10-23-18/h1,4-5,7-10,12,14H,6H2,2H3,(H2,21,24)(H,23,25,26)/t12-,14-/m1/s1. The summed E-state index contributed by atoms with van der Waals surface area (Å²) in [6.45, 7) is 1.99. The first-order valence-electron chi connectivity index (χ1n) is 8.31. The third kappa shape index (κ3) is 2.84. The molecule has 6 nitrogen and oxygen atoms in total. The maximum atomic E-state index is 12.2. The number of carbonyl (C=O) groups excluding carboxylic acids is 1. The summed E-state index contributed by atoms with van der Waals surface area (Å²) in [7, 11) is 0. The van der Waals surface area contributed by atoms with Gasteiger partial charge in [0.15, 0.2) is 0 Å². The minimum absolute atomic E-state index is 0.0375. The van der Waals surface area contributed by atoms with Gasteiger partial charge in [-0.15, -0.1) is 12.3 Å². The van der Waals surface area contributed by atoms with Crippen molar-refractivity contribution in [3.05, 3.63) is 42.4 Å². The van der Waals surface area contributed by atoms with Crippen molar-refractivity contribution >= 4 is 28.3 Å². The molecule has 1 aliphatic carbocycles. The van der Waals surface area contributed by atoms with Crippen LogP contribution in [0.4, 0.5) is 11.6 Å². The van der Waals surface area contributed by atoms with Crippen LogP contribution in [0.1, 0.15) is 12.0 Å². The van der Waals surface area contributed by atoms with Crippen LogP contribution in [0.25, 0.3) is 22.0 Å². The van der Waals surface area contributed by atoms with E-state index in [4.69, 9.17) is 12.2 Å². The molecule has 0 aliphatic heterocycles. The molecule has 0 spiro atoms. The quantitative estimate of drug-likeness (QED) is 0.713. The fourth-order valence-corrected chi connectivity index (χ4v) is 3.00. The van der Waals surface area contributed by atoms with E-state index in [-0.39, 0.29) is 17.7 Å². The molecule has 3 aromatic rings. The number of pyridine rings is 3. The van der Waals surface area contributed by atoms with Crippen LogP contribution in [0.2, 0.25) is 0 Å². The Labute approximate surface area is 150 Å². The van der Waals surface area contributed by atoms with E-state index in [0.717, 1.165) is 34.0 Å². The summed E-state index contributed by atoms with van der Waals surface area (Å²) in [5.74, 6) is 3.31. The largest absolute Gasteiger partial charge is 0.383 e. The number of anilines is 2. The predicted molar refractivity (Wildman–Crippen MR) is 101 cm³/mol. The summed E-state index contributed by atoms with van der Waals surface area (Å²) in [4.78, 5) is 25.1. The molecule has 0 aromatic carbocycles. The Balaban J connectivity index is 1.70. The number of aromatic nitrogens is 3. The van der Waals surface area contributed by atoms with Crippen LogP contribution in [-0.2, 0) is 4.79 Å². The summed E-state index contributed by atoms with van der Waals surface area (Å²) in [6, 6.07) is 5.65. The van der Waals surface area contributed by atoms with E-state index in [2.05, 4.69) is 26.2 Å². The molecule has 1 fully saturated rings. The number of fused-ring (bicyclic) bond motifs is 1. The van der Waals surface area contributed by atoms with Gasteiger partial charge in [0.2, 0.25) is 5.91 Å². The van der Waals surface area contributed by atoms with Crippen molar-refractivity contribution in [2.75, 3.05) is 11.1 Å². The minimum Gasteiger partial charge on any atom is -0.383 e. The van der Waals surface area contributed by atoms with Gasteiger partial charge in [-0.25, -0.2) is 9.97 Å². The molecule has 0 unspecified atom stereocenters. The number of aryl methyl sites for hydroxylation is 1. The molecular formula is C20H17N5O. The van der Waals surface area contributed by atoms with Crippen LogP contribution in [0, 0.1) is 31.1 Å². The second-order valence-corrected chi connectivity index (χ2v) is 6.48. The Morgan fingerprint density at radius 2 is 2.23 bits per heavy atom. The topological polar surface area (TPSA) is 93.8 Å². The van der Waals surface area contributed by atoms with Gasteiger partial charge in [-0.05, 0) is 42.5 Å². The SMILES string of the molecule is C#C[C@@H]1C[C@H]1C(=O)Nc1cc2cc(-c3cnccc3C)nc(N)c2cn1. The van der Waals surface area contributed by atoms with Crippen molar-refractivity contribution in [1.29, 1.82) is 0 Å². The first kappa shape index (κ1) is 16.0. The number of nitrogens with zero attached hydrogens (tertiary/aromatic N) is 3. The van der Waals surface area contributed by atoms with Crippen LogP contribution < -0.4 is 11.1 Å². The van der Waals surface area contributed by atoms with Gasteiger partial charge in [0.25, 0.3) is 0 Å². The number of nitrogens with two attached hydrogens (primary N) is 1. The zero-order valence-electron chi connectivity index (χ0n) is 14.2. The summed E-state index contributed by atoms with van der Waals surface area (Å²) in [6.07, 6.45) is 11.2. The van der Waals surface area contributed by atoms with E-state index >= 15 is 0 Å². The number of rotatable bonds is 3. The van der Waals surface area contributed by atoms with Gasteiger partial charge in [0, 0.05) is 35.5 Å². The maximum Gasteiger partial charge on any atom is 0.229 e. The molecule has 26 heavy (non-hydrogen) atoms. The number of nitrogen functional groups attached to an aromatic ring is 1. The van der Waals surface area contributed by atoms with Gasteiger partial charge >= 0.3 is 0 Å². The summed E-state index contributed by atoms with van der Waals surface area (Å²) in [5, 5.41) is 4.42. The van der Waals surface area contributed by atoms with Gasteiger partial charge < -0.3 is 11.1 Å². The minimum atomic E-state index is -0.117. The lowest BCUT2D eigenvalue weighted by Gasteiger charge is -2.10. The molecule has 2 atom stereocenters. The molecule has 4 rings (SSSR count). The van der Waals surface area contributed by atoms with Gasteiger partial charge in [0.1, 0.15) is 11.6 Å². The zero-order valence-corrected chi connectivity index (χ0v) is 14.2. The van der Waals surface area contributed by atoms with Crippen molar-refractivity contribution < 1.29 is 4.79 Å². The zero-order chi connectivity index (χ0) is 18.3. The fourth-order valence-electron chi connectivity index (χ4n) is 3.00. The van der Waals surface area contributed by atoms with Crippen LogP contribution in [0.3, 0.4) is 0 Å². The number of hydrogen-bond acceptors (Lipinski definition) is 5. The van der Waals surface area contributed by atoms with Crippen molar-refractivity contribution in [3.8, 4) is 23.6 Å². The fraction of sp³-hybridized carbons (Fsp3) is 0.200.